The molecule has 0 radical (unpaired) electrons. The minimum absolute atomic E-state index is 0.172. The summed E-state index contributed by atoms with van der Waals surface area (Å²) in [4.78, 5) is 30.3. The van der Waals surface area contributed by atoms with Crippen LogP contribution in [0.4, 0.5) is 0 Å². The first kappa shape index (κ1) is 19.4. The van der Waals surface area contributed by atoms with Gasteiger partial charge in [0.2, 0.25) is 5.91 Å². The number of aryl methyl sites for hydroxylation is 2. The fourth-order valence-electron chi connectivity index (χ4n) is 2.99. The molecule has 1 atom stereocenters. The third kappa shape index (κ3) is 6.16. The first-order chi connectivity index (χ1) is 12.1. The zero-order chi connectivity index (χ0) is 18.1. The third-order valence-electron chi connectivity index (χ3n) is 4.63. The summed E-state index contributed by atoms with van der Waals surface area (Å²) in [5.74, 6) is 0.838. The highest BCUT2D eigenvalue weighted by atomic mass is 16.5. The highest BCUT2D eigenvalue weighted by Gasteiger charge is 2.24. The van der Waals surface area contributed by atoms with Gasteiger partial charge in [-0.05, 0) is 19.9 Å². The summed E-state index contributed by atoms with van der Waals surface area (Å²) in [5, 5.41) is 3.22. The Labute approximate surface area is 149 Å². The fourth-order valence-corrected chi connectivity index (χ4v) is 2.99. The van der Waals surface area contributed by atoms with E-state index in [1.54, 1.807) is 6.20 Å². The molecule has 0 saturated carbocycles. The van der Waals surface area contributed by atoms with E-state index < -0.39 is 0 Å². The van der Waals surface area contributed by atoms with Gasteiger partial charge in [-0.3, -0.25) is 9.59 Å². The van der Waals surface area contributed by atoms with E-state index in [0.29, 0.717) is 38.5 Å². The van der Waals surface area contributed by atoms with Crippen LogP contribution >= 0.6 is 0 Å². The van der Waals surface area contributed by atoms with Gasteiger partial charge in [0, 0.05) is 50.9 Å². The fraction of sp³-hybridized carbons (Fsp3) is 0.722. The van der Waals surface area contributed by atoms with Gasteiger partial charge in [-0.15, -0.1) is 0 Å². The number of unbranched alkanes of at least 4 members (excludes halogenated alkanes) is 1. The number of amides is 1. The number of rotatable bonds is 10. The normalized spacial score (nSPS) is 17.0. The maximum absolute atomic E-state index is 12.3. The molecule has 1 aliphatic rings. The first-order valence-electron chi connectivity index (χ1n) is 9.24. The number of ether oxygens (including phenoxy) is 1. The second-order valence-corrected chi connectivity index (χ2v) is 6.47. The van der Waals surface area contributed by atoms with Gasteiger partial charge in [-0.25, -0.2) is 4.98 Å². The molecule has 0 spiro atoms. The second-order valence-electron chi connectivity index (χ2n) is 6.47. The highest BCUT2D eigenvalue weighted by molar-refractivity contribution is 5.76. The molecule has 1 unspecified atom stereocenters. The molecule has 0 aliphatic carbocycles. The topological polar surface area (TPSA) is 76.5 Å². The Morgan fingerprint density at radius 3 is 2.96 bits per heavy atom. The maximum atomic E-state index is 12.3. The molecule has 1 saturated heterocycles. The molecule has 2 heterocycles. The molecular weight excluding hydrogens is 320 g/mol. The quantitative estimate of drug-likeness (QED) is 0.509. The van der Waals surface area contributed by atoms with Gasteiger partial charge in [0.25, 0.3) is 0 Å². The summed E-state index contributed by atoms with van der Waals surface area (Å²) in [7, 11) is 1.93. The van der Waals surface area contributed by atoms with Crippen LogP contribution in [0.5, 0.6) is 0 Å². The van der Waals surface area contributed by atoms with E-state index in [2.05, 4.69) is 17.2 Å². The van der Waals surface area contributed by atoms with Crippen LogP contribution in [0.3, 0.4) is 0 Å². The molecule has 0 aromatic carbocycles. The van der Waals surface area contributed by atoms with E-state index in [0.717, 1.165) is 38.2 Å². The Kier molecular flexibility index (Phi) is 7.91. The number of likely N-dealkylation sites (tertiary alicyclic amines) is 1. The van der Waals surface area contributed by atoms with Crippen LogP contribution in [0.25, 0.3) is 0 Å². The smallest absolute Gasteiger partial charge is 0.307 e. The molecular formula is C18H30N4O3. The molecule has 1 aliphatic heterocycles. The molecule has 1 aromatic heterocycles. The zero-order valence-corrected chi connectivity index (χ0v) is 15.4. The summed E-state index contributed by atoms with van der Waals surface area (Å²) in [6, 6.07) is 0.407. The summed E-state index contributed by atoms with van der Waals surface area (Å²) in [6.07, 6.45) is 7.87. The first-order valence-corrected chi connectivity index (χ1v) is 9.24. The second kappa shape index (κ2) is 10.2. The molecule has 7 heteroatoms. The molecule has 0 bridgehead atoms. The van der Waals surface area contributed by atoms with Crippen molar-refractivity contribution in [2.75, 3.05) is 26.7 Å². The Morgan fingerprint density at radius 1 is 1.40 bits per heavy atom. The van der Waals surface area contributed by atoms with E-state index in [1.165, 1.54) is 0 Å². The minimum Gasteiger partial charge on any atom is -0.466 e. The lowest BCUT2D eigenvalue weighted by molar-refractivity contribution is -0.144. The van der Waals surface area contributed by atoms with Crippen LogP contribution in [0.1, 0.15) is 44.9 Å². The Hall–Kier alpha value is -1.89. The van der Waals surface area contributed by atoms with E-state index in [4.69, 9.17) is 4.74 Å². The van der Waals surface area contributed by atoms with Crippen molar-refractivity contribution < 1.29 is 14.3 Å². The number of nitrogens with zero attached hydrogens (tertiary/aromatic N) is 3. The van der Waals surface area contributed by atoms with Crippen molar-refractivity contribution in [1.29, 1.82) is 0 Å². The lowest BCUT2D eigenvalue weighted by Crippen LogP contribution is -2.33. The maximum Gasteiger partial charge on any atom is 0.307 e. The Balaban J connectivity index is 1.73. The molecule has 1 amide bonds. The van der Waals surface area contributed by atoms with Crippen LogP contribution in [-0.2, 0) is 27.3 Å². The summed E-state index contributed by atoms with van der Waals surface area (Å²) in [5.41, 5.74) is 0. The van der Waals surface area contributed by atoms with Crippen LogP contribution in [-0.4, -0.2) is 59.1 Å². The van der Waals surface area contributed by atoms with Gasteiger partial charge >= 0.3 is 5.97 Å². The van der Waals surface area contributed by atoms with Crippen molar-refractivity contribution in [1.82, 2.24) is 19.8 Å². The third-order valence-corrected chi connectivity index (χ3v) is 4.63. The van der Waals surface area contributed by atoms with Crippen molar-refractivity contribution in [2.45, 2.75) is 58.0 Å². The monoisotopic (exact) mass is 350 g/mol. The van der Waals surface area contributed by atoms with Crippen LogP contribution < -0.4 is 5.32 Å². The van der Waals surface area contributed by atoms with E-state index in [-0.39, 0.29) is 11.9 Å². The molecule has 25 heavy (non-hydrogen) atoms. The Morgan fingerprint density at radius 2 is 2.24 bits per heavy atom. The van der Waals surface area contributed by atoms with E-state index in [1.807, 2.05) is 22.7 Å². The summed E-state index contributed by atoms with van der Waals surface area (Å²) in [6.45, 7) is 4.70. The van der Waals surface area contributed by atoms with Crippen molar-refractivity contribution in [3.05, 3.63) is 18.2 Å². The van der Waals surface area contributed by atoms with Gasteiger partial charge < -0.3 is 19.5 Å². The van der Waals surface area contributed by atoms with Gasteiger partial charge in [-0.2, -0.15) is 0 Å². The largest absolute Gasteiger partial charge is 0.466 e. The molecule has 1 aromatic rings. The Bertz CT molecular complexity index is 558. The number of likely N-dealkylation sites (N-methyl/N-ethyl adjacent to an activating group) is 1. The van der Waals surface area contributed by atoms with Crippen molar-refractivity contribution >= 4 is 11.9 Å². The van der Waals surface area contributed by atoms with Crippen molar-refractivity contribution in [3.63, 3.8) is 0 Å². The lowest BCUT2D eigenvalue weighted by atomic mass is 10.2. The number of aromatic nitrogens is 2. The number of hydrogen-bond donors (Lipinski definition) is 1. The molecule has 140 valence electrons. The minimum atomic E-state index is -0.181. The number of nitrogens with one attached hydrogen (secondary N) is 1. The highest BCUT2D eigenvalue weighted by Crippen LogP contribution is 2.12. The predicted octanol–water partition coefficient (Wildman–Crippen LogP) is 1.37. The zero-order valence-electron chi connectivity index (χ0n) is 15.4. The van der Waals surface area contributed by atoms with Gasteiger partial charge in [0.05, 0.1) is 13.0 Å². The predicted molar refractivity (Wildman–Crippen MR) is 95.1 cm³/mol. The summed E-state index contributed by atoms with van der Waals surface area (Å²) < 4.78 is 7.11. The van der Waals surface area contributed by atoms with Gasteiger partial charge in [-0.1, -0.05) is 13.3 Å². The van der Waals surface area contributed by atoms with Crippen molar-refractivity contribution in [2.24, 2.45) is 0 Å². The number of carbonyl (C=O) groups excluding carboxylic acids is 2. The average Bonchev–Trinajstić information content (AvgIpc) is 3.27. The average molecular weight is 350 g/mol. The standard InChI is InChI=1S/C18H30N4O3/c1-3-4-13-25-18(24)8-11-21-12-9-20-16(21)5-6-17(23)22-10-7-15(14-22)19-2/h9,12,15,19H,3-8,10-11,13-14H2,1-2H3. The van der Waals surface area contributed by atoms with Crippen molar-refractivity contribution in [3.8, 4) is 0 Å². The van der Waals surface area contributed by atoms with Crippen LogP contribution in [0.2, 0.25) is 0 Å². The number of esters is 1. The molecule has 1 N–H and O–H groups in total. The lowest BCUT2D eigenvalue weighted by Gasteiger charge is -2.16. The number of imidazole rings is 1. The van der Waals surface area contributed by atoms with Gasteiger partial charge in [0.1, 0.15) is 5.82 Å². The van der Waals surface area contributed by atoms with Gasteiger partial charge in [0.15, 0.2) is 0 Å². The molecule has 7 nitrogen and oxygen atoms in total. The molecule has 2 rings (SSSR count). The number of hydrogen-bond acceptors (Lipinski definition) is 5. The van der Waals surface area contributed by atoms with E-state index >= 15 is 0 Å². The number of carbonyl (C=O) groups is 2. The van der Waals surface area contributed by atoms with Crippen LogP contribution in [0, 0.1) is 0 Å². The molecule has 1 fully saturated rings. The SMILES string of the molecule is CCCCOC(=O)CCn1ccnc1CCC(=O)N1CCC(NC)C1. The van der Waals surface area contributed by atoms with E-state index in [9.17, 15) is 9.59 Å². The van der Waals surface area contributed by atoms with Crippen LogP contribution in [0.15, 0.2) is 12.4 Å². The summed E-state index contributed by atoms with van der Waals surface area (Å²) >= 11 is 0.